The summed E-state index contributed by atoms with van der Waals surface area (Å²) in [6.07, 6.45) is 0. The van der Waals surface area contributed by atoms with Crippen LogP contribution >= 0.6 is 0 Å². The Hall–Kier alpha value is -1.69. The Morgan fingerprint density at radius 3 is 2.19 bits per heavy atom. The van der Waals surface area contributed by atoms with E-state index >= 15 is 0 Å². The van der Waals surface area contributed by atoms with Gasteiger partial charge in [0.15, 0.2) is 0 Å². The highest BCUT2D eigenvalue weighted by Crippen LogP contribution is 2.25. The maximum Gasteiger partial charge on any atom is 0.327 e. The maximum atomic E-state index is 13.4. The van der Waals surface area contributed by atoms with E-state index in [2.05, 4.69) is 9.47 Å². The summed E-state index contributed by atoms with van der Waals surface area (Å²) in [4.78, 5) is 11.1. The molecule has 0 saturated carbocycles. The second kappa shape index (κ2) is 4.89. The molecule has 0 aromatic heterocycles. The summed E-state index contributed by atoms with van der Waals surface area (Å²) < 4.78 is 35.8. The van der Waals surface area contributed by atoms with Crippen molar-refractivity contribution in [3.63, 3.8) is 0 Å². The lowest BCUT2D eigenvalue weighted by Crippen LogP contribution is -2.25. The van der Waals surface area contributed by atoms with E-state index in [1.54, 1.807) is 0 Å². The molecule has 0 aliphatic rings. The van der Waals surface area contributed by atoms with Crippen LogP contribution in [0.2, 0.25) is 0 Å². The van der Waals surface area contributed by atoms with Crippen molar-refractivity contribution < 1.29 is 23.0 Å². The van der Waals surface area contributed by atoms with Gasteiger partial charge >= 0.3 is 5.97 Å². The van der Waals surface area contributed by atoms with Crippen molar-refractivity contribution in [2.75, 3.05) is 14.2 Å². The second-order valence-corrected chi connectivity index (χ2v) is 3.01. The monoisotopic (exact) mass is 231 g/mol. The fraction of sp³-hybridized carbons (Fsp3) is 0.300. The molecule has 1 aromatic carbocycles. The number of methoxy groups -OCH3 is 2. The van der Waals surface area contributed by atoms with Crippen LogP contribution in [0.3, 0.4) is 0 Å². The van der Waals surface area contributed by atoms with Gasteiger partial charge in [-0.15, -0.1) is 0 Å². The second-order valence-electron chi connectivity index (χ2n) is 3.01. The first-order valence-electron chi connectivity index (χ1n) is 4.37. The van der Waals surface area contributed by atoms with E-state index in [9.17, 15) is 13.6 Å². The quantitative estimate of drug-likeness (QED) is 0.792. The standard InChI is InChI=1S/C10H11F2NO3/c1-15-5-3-6(11)8(7(12)4-5)9(13)10(14)16-2/h3-4,9H,13H2,1-2H3/t9-/m0/s1. The zero-order valence-corrected chi connectivity index (χ0v) is 8.79. The van der Waals surface area contributed by atoms with Crippen molar-refractivity contribution in [3.8, 4) is 5.75 Å². The molecule has 4 nitrogen and oxygen atoms in total. The Bertz CT molecular complexity index is 386. The number of hydrogen-bond acceptors (Lipinski definition) is 4. The smallest absolute Gasteiger partial charge is 0.327 e. The fourth-order valence-corrected chi connectivity index (χ4v) is 1.22. The molecule has 0 aliphatic carbocycles. The topological polar surface area (TPSA) is 61.5 Å². The van der Waals surface area contributed by atoms with Gasteiger partial charge in [-0.05, 0) is 0 Å². The minimum absolute atomic E-state index is 0.0100. The molecule has 0 amide bonds. The van der Waals surface area contributed by atoms with Crippen LogP contribution in [-0.2, 0) is 9.53 Å². The Labute approximate surface area is 91.0 Å². The van der Waals surface area contributed by atoms with E-state index in [4.69, 9.17) is 5.73 Å². The molecule has 88 valence electrons. The fourth-order valence-electron chi connectivity index (χ4n) is 1.22. The first-order valence-corrected chi connectivity index (χ1v) is 4.37. The number of nitrogens with two attached hydrogens (primary N) is 1. The van der Waals surface area contributed by atoms with Crippen molar-refractivity contribution >= 4 is 5.97 Å². The summed E-state index contributed by atoms with van der Waals surface area (Å²) in [7, 11) is 2.36. The van der Waals surface area contributed by atoms with Crippen LogP contribution in [0.1, 0.15) is 11.6 Å². The molecule has 0 spiro atoms. The van der Waals surface area contributed by atoms with E-state index < -0.39 is 29.2 Å². The predicted octanol–water partition coefficient (Wildman–Crippen LogP) is 1.15. The minimum atomic E-state index is -1.49. The predicted molar refractivity (Wildman–Crippen MR) is 51.9 cm³/mol. The molecule has 0 fully saturated rings. The lowest BCUT2D eigenvalue weighted by atomic mass is 10.1. The Morgan fingerprint density at radius 2 is 1.81 bits per heavy atom. The molecule has 6 heteroatoms. The number of rotatable bonds is 3. The van der Waals surface area contributed by atoms with Crippen LogP contribution in [0.4, 0.5) is 8.78 Å². The number of benzene rings is 1. The van der Waals surface area contributed by atoms with E-state index in [0.717, 1.165) is 19.2 Å². The molecule has 0 bridgehead atoms. The zero-order chi connectivity index (χ0) is 12.3. The van der Waals surface area contributed by atoms with E-state index in [-0.39, 0.29) is 5.75 Å². The maximum absolute atomic E-state index is 13.4. The van der Waals surface area contributed by atoms with Crippen LogP contribution in [0.5, 0.6) is 5.75 Å². The van der Waals surface area contributed by atoms with Gasteiger partial charge in [-0.2, -0.15) is 0 Å². The molecule has 1 rings (SSSR count). The number of halogens is 2. The Morgan fingerprint density at radius 1 is 1.31 bits per heavy atom. The Balaban J connectivity index is 3.19. The number of hydrogen-bond donors (Lipinski definition) is 1. The lowest BCUT2D eigenvalue weighted by Gasteiger charge is -2.12. The third-order valence-corrected chi connectivity index (χ3v) is 2.05. The molecule has 0 radical (unpaired) electrons. The first kappa shape index (κ1) is 12.4. The molecule has 0 saturated heterocycles. The van der Waals surface area contributed by atoms with Crippen molar-refractivity contribution in [3.05, 3.63) is 29.3 Å². The van der Waals surface area contributed by atoms with Crippen LogP contribution in [0.15, 0.2) is 12.1 Å². The van der Waals surface area contributed by atoms with Crippen molar-refractivity contribution in [2.24, 2.45) is 5.73 Å². The van der Waals surface area contributed by atoms with Gasteiger partial charge in [0.25, 0.3) is 0 Å². The molecule has 1 aromatic rings. The van der Waals surface area contributed by atoms with Crippen molar-refractivity contribution in [1.29, 1.82) is 0 Å². The molecule has 2 N–H and O–H groups in total. The summed E-state index contributed by atoms with van der Waals surface area (Å²) >= 11 is 0. The molecule has 1 atom stereocenters. The highest BCUT2D eigenvalue weighted by atomic mass is 19.1. The molecular formula is C10H11F2NO3. The van der Waals surface area contributed by atoms with Gasteiger partial charge in [-0.1, -0.05) is 0 Å². The van der Waals surface area contributed by atoms with E-state index in [1.165, 1.54) is 7.11 Å². The summed E-state index contributed by atoms with van der Waals surface area (Å²) in [5, 5.41) is 0. The molecule has 0 unspecified atom stereocenters. The van der Waals surface area contributed by atoms with Crippen LogP contribution in [0, 0.1) is 11.6 Å². The van der Waals surface area contributed by atoms with Crippen molar-refractivity contribution in [2.45, 2.75) is 6.04 Å². The first-order chi connectivity index (χ1) is 7.51. The summed E-state index contributed by atoms with van der Waals surface area (Å²) in [6, 6.07) is 0.401. The highest BCUT2D eigenvalue weighted by molar-refractivity contribution is 5.77. The highest BCUT2D eigenvalue weighted by Gasteiger charge is 2.24. The van der Waals surface area contributed by atoms with Gasteiger partial charge in [0, 0.05) is 12.1 Å². The summed E-state index contributed by atoms with van der Waals surface area (Å²) in [5.74, 6) is -2.80. The average molecular weight is 231 g/mol. The van der Waals surface area contributed by atoms with Gasteiger partial charge in [-0.25, -0.2) is 8.78 Å². The molecular weight excluding hydrogens is 220 g/mol. The lowest BCUT2D eigenvalue weighted by molar-refractivity contribution is -0.142. The van der Waals surface area contributed by atoms with Gasteiger partial charge in [0.1, 0.15) is 23.4 Å². The van der Waals surface area contributed by atoms with Crippen LogP contribution < -0.4 is 10.5 Å². The van der Waals surface area contributed by atoms with Gasteiger partial charge in [0.05, 0.1) is 19.8 Å². The van der Waals surface area contributed by atoms with E-state index in [1.807, 2.05) is 0 Å². The molecule has 16 heavy (non-hydrogen) atoms. The zero-order valence-electron chi connectivity index (χ0n) is 8.79. The third-order valence-electron chi connectivity index (χ3n) is 2.05. The van der Waals surface area contributed by atoms with Gasteiger partial charge in [-0.3, -0.25) is 4.79 Å². The Kier molecular flexibility index (Phi) is 3.78. The van der Waals surface area contributed by atoms with Crippen LogP contribution in [-0.4, -0.2) is 20.2 Å². The molecule has 0 aliphatic heterocycles. The van der Waals surface area contributed by atoms with Gasteiger partial charge < -0.3 is 15.2 Å². The number of carbonyl (C=O) groups is 1. The van der Waals surface area contributed by atoms with Gasteiger partial charge in [0.2, 0.25) is 0 Å². The summed E-state index contributed by atoms with van der Waals surface area (Å²) in [6.45, 7) is 0. The largest absolute Gasteiger partial charge is 0.497 e. The van der Waals surface area contributed by atoms with E-state index in [0.29, 0.717) is 0 Å². The van der Waals surface area contributed by atoms with Crippen molar-refractivity contribution in [1.82, 2.24) is 0 Å². The normalized spacial score (nSPS) is 12.1. The summed E-state index contributed by atoms with van der Waals surface area (Å²) in [5.41, 5.74) is 4.81. The number of carbonyl (C=O) groups excluding carboxylic acids is 1. The van der Waals surface area contributed by atoms with Crippen LogP contribution in [0.25, 0.3) is 0 Å². The SMILES string of the molecule is COC(=O)[C@@H](N)c1c(F)cc(OC)cc1F. The third kappa shape index (κ3) is 2.27. The number of esters is 1. The minimum Gasteiger partial charge on any atom is -0.497 e. The number of ether oxygens (including phenoxy) is 2. The average Bonchev–Trinajstić information content (AvgIpc) is 2.26. The molecule has 0 heterocycles.